The Morgan fingerprint density at radius 1 is 1.65 bits per heavy atom. The van der Waals surface area contributed by atoms with E-state index in [1.165, 1.54) is 4.90 Å². The molecule has 6 heteroatoms. The van der Waals surface area contributed by atoms with Gasteiger partial charge in [0.25, 0.3) is 0 Å². The molecule has 5 nitrogen and oxygen atoms in total. The third-order valence-electron chi connectivity index (χ3n) is 2.52. The first-order valence-corrected chi connectivity index (χ1v) is 6.19. The van der Waals surface area contributed by atoms with E-state index in [4.69, 9.17) is 9.52 Å². The fraction of sp³-hybridized carbons (Fsp3) is 0.545. The van der Waals surface area contributed by atoms with Gasteiger partial charge in [-0.3, -0.25) is 0 Å². The first kappa shape index (κ1) is 14.1. The van der Waals surface area contributed by atoms with Crippen LogP contribution in [0.2, 0.25) is 0 Å². The van der Waals surface area contributed by atoms with Gasteiger partial charge in [0.2, 0.25) is 0 Å². The molecule has 1 rings (SSSR count). The topological polar surface area (TPSA) is 65.7 Å². The Kier molecular flexibility index (Phi) is 5.50. The van der Waals surface area contributed by atoms with Crippen molar-refractivity contribution in [2.24, 2.45) is 0 Å². The number of urea groups is 1. The second-order valence-electron chi connectivity index (χ2n) is 3.83. The lowest BCUT2D eigenvalue weighted by molar-refractivity contribution is 0.157. The molecule has 1 unspecified atom stereocenters. The van der Waals surface area contributed by atoms with Crippen LogP contribution in [0.4, 0.5) is 4.79 Å². The Hall–Kier alpha value is -1.01. The van der Waals surface area contributed by atoms with Gasteiger partial charge in [0, 0.05) is 20.0 Å². The molecule has 0 bridgehead atoms. The average molecular weight is 305 g/mol. The smallest absolute Gasteiger partial charge is 0.317 e. The highest BCUT2D eigenvalue weighted by Gasteiger charge is 2.13. The number of hydrogen-bond acceptors (Lipinski definition) is 3. The first-order chi connectivity index (χ1) is 8.04. The molecule has 1 aromatic rings. The van der Waals surface area contributed by atoms with E-state index in [0.717, 1.165) is 5.76 Å². The Balaban J connectivity index is 2.29. The minimum absolute atomic E-state index is 0.0466. The molecular weight excluding hydrogens is 288 g/mol. The van der Waals surface area contributed by atoms with Crippen LogP contribution in [0.25, 0.3) is 0 Å². The van der Waals surface area contributed by atoms with Crippen LogP contribution in [0, 0.1) is 0 Å². The molecule has 0 aliphatic rings. The fourth-order valence-corrected chi connectivity index (χ4v) is 1.57. The molecule has 0 saturated carbocycles. The molecule has 0 aliphatic carbocycles. The summed E-state index contributed by atoms with van der Waals surface area (Å²) >= 11 is 3.21. The normalized spacial score (nSPS) is 12.2. The van der Waals surface area contributed by atoms with E-state index in [9.17, 15) is 4.79 Å². The van der Waals surface area contributed by atoms with Gasteiger partial charge in [-0.25, -0.2) is 4.79 Å². The number of furan rings is 1. The summed E-state index contributed by atoms with van der Waals surface area (Å²) in [5, 5.41) is 11.7. The molecule has 0 radical (unpaired) electrons. The van der Waals surface area contributed by atoms with Crippen molar-refractivity contribution >= 4 is 22.0 Å². The van der Waals surface area contributed by atoms with Gasteiger partial charge in [-0.1, -0.05) is 0 Å². The van der Waals surface area contributed by atoms with Crippen LogP contribution < -0.4 is 5.32 Å². The molecule has 0 saturated heterocycles. The number of aliphatic hydroxyl groups excluding tert-OH is 1. The zero-order valence-electron chi connectivity index (χ0n) is 9.94. The number of carbonyl (C=O) groups is 1. The van der Waals surface area contributed by atoms with Gasteiger partial charge in [-0.05, 0) is 35.0 Å². The second-order valence-corrected chi connectivity index (χ2v) is 4.61. The molecule has 0 aliphatic heterocycles. The fourth-order valence-electron chi connectivity index (χ4n) is 1.23. The molecule has 0 aromatic carbocycles. The van der Waals surface area contributed by atoms with Crippen LogP contribution in [0.5, 0.6) is 0 Å². The predicted octanol–water partition coefficient (Wildman–Crippen LogP) is 1.61. The van der Waals surface area contributed by atoms with Crippen LogP contribution in [0.15, 0.2) is 21.2 Å². The largest absolute Gasteiger partial charge is 0.454 e. The number of aliphatic hydroxyl groups is 1. The highest BCUT2D eigenvalue weighted by Crippen LogP contribution is 2.13. The monoisotopic (exact) mass is 304 g/mol. The molecular formula is C11H17BrN2O3. The zero-order valence-corrected chi connectivity index (χ0v) is 11.5. The number of nitrogens with one attached hydrogen (secondary N) is 1. The van der Waals surface area contributed by atoms with Crippen LogP contribution in [0.3, 0.4) is 0 Å². The van der Waals surface area contributed by atoms with Crippen molar-refractivity contribution in [2.45, 2.75) is 19.4 Å². The van der Waals surface area contributed by atoms with Crippen LogP contribution in [-0.4, -0.2) is 42.3 Å². The summed E-state index contributed by atoms with van der Waals surface area (Å²) in [4.78, 5) is 13.1. The summed E-state index contributed by atoms with van der Waals surface area (Å²) in [7, 11) is 1.65. The van der Waals surface area contributed by atoms with Gasteiger partial charge in [0.1, 0.15) is 5.76 Å². The molecule has 0 spiro atoms. The van der Waals surface area contributed by atoms with Gasteiger partial charge < -0.3 is 19.7 Å². The summed E-state index contributed by atoms with van der Waals surface area (Å²) in [5.74, 6) is 0.815. The summed E-state index contributed by atoms with van der Waals surface area (Å²) in [6, 6.07) is 3.29. The number of nitrogens with zero attached hydrogens (tertiary/aromatic N) is 1. The van der Waals surface area contributed by atoms with Crippen molar-refractivity contribution in [3.05, 3.63) is 22.6 Å². The van der Waals surface area contributed by atoms with Gasteiger partial charge in [-0.15, -0.1) is 0 Å². The lowest BCUT2D eigenvalue weighted by Crippen LogP contribution is -2.44. The van der Waals surface area contributed by atoms with Crippen molar-refractivity contribution in [2.75, 3.05) is 20.2 Å². The third kappa shape index (κ3) is 4.40. The Morgan fingerprint density at radius 3 is 2.88 bits per heavy atom. The highest BCUT2D eigenvalue weighted by atomic mass is 79.9. The first-order valence-electron chi connectivity index (χ1n) is 5.40. The standard InChI is InChI=1S/C11H17BrN2O3/c1-8(7-15)14(2)11(16)13-6-5-9-3-4-10(12)17-9/h3-4,8,15H,5-7H2,1-2H3,(H,13,16). The number of amides is 2. The van der Waals surface area contributed by atoms with Crippen molar-refractivity contribution in [1.29, 1.82) is 0 Å². The number of rotatable bonds is 5. The van der Waals surface area contributed by atoms with Gasteiger partial charge in [-0.2, -0.15) is 0 Å². The number of likely N-dealkylation sites (N-methyl/N-ethyl adjacent to an activating group) is 1. The van der Waals surface area contributed by atoms with E-state index in [1.54, 1.807) is 14.0 Å². The molecule has 1 atom stereocenters. The lowest BCUT2D eigenvalue weighted by Gasteiger charge is -2.23. The molecule has 17 heavy (non-hydrogen) atoms. The lowest BCUT2D eigenvalue weighted by atomic mass is 10.3. The molecule has 1 heterocycles. The number of carbonyl (C=O) groups excluding carboxylic acids is 1. The van der Waals surface area contributed by atoms with Gasteiger partial charge in [0.15, 0.2) is 4.67 Å². The van der Waals surface area contributed by atoms with E-state index in [1.807, 2.05) is 12.1 Å². The van der Waals surface area contributed by atoms with E-state index < -0.39 is 0 Å². The van der Waals surface area contributed by atoms with Gasteiger partial charge >= 0.3 is 6.03 Å². The minimum Gasteiger partial charge on any atom is -0.454 e. The average Bonchev–Trinajstić information content (AvgIpc) is 2.72. The van der Waals surface area contributed by atoms with Gasteiger partial charge in [0.05, 0.1) is 12.6 Å². The van der Waals surface area contributed by atoms with Crippen LogP contribution >= 0.6 is 15.9 Å². The molecule has 0 fully saturated rings. The third-order valence-corrected chi connectivity index (χ3v) is 2.95. The molecule has 96 valence electrons. The summed E-state index contributed by atoms with van der Waals surface area (Å²) in [6.07, 6.45) is 0.638. The van der Waals surface area contributed by atoms with E-state index in [0.29, 0.717) is 17.6 Å². The van der Waals surface area contributed by atoms with Crippen molar-refractivity contribution in [3.63, 3.8) is 0 Å². The van der Waals surface area contributed by atoms with Crippen molar-refractivity contribution in [1.82, 2.24) is 10.2 Å². The SMILES string of the molecule is CC(CO)N(C)C(=O)NCCc1ccc(Br)o1. The Labute approximate surface area is 109 Å². The summed E-state index contributed by atoms with van der Waals surface area (Å²) in [6.45, 7) is 2.24. The van der Waals surface area contributed by atoms with E-state index in [2.05, 4.69) is 21.2 Å². The quantitative estimate of drug-likeness (QED) is 0.868. The summed E-state index contributed by atoms with van der Waals surface area (Å²) in [5.41, 5.74) is 0. The van der Waals surface area contributed by atoms with E-state index >= 15 is 0 Å². The maximum absolute atomic E-state index is 11.6. The highest BCUT2D eigenvalue weighted by molar-refractivity contribution is 9.10. The Morgan fingerprint density at radius 2 is 2.35 bits per heavy atom. The maximum Gasteiger partial charge on any atom is 0.317 e. The zero-order chi connectivity index (χ0) is 12.8. The Bertz CT molecular complexity index is 367. The maximum atomic E-state index is 11.6. The molecule has 2 amide bonds. The minimum atomic E-state index is -0.197. The van der Waals surface area contributed by atoms with Crippen molar-refractivity contribution < 1.29 is 14.3 Å². The number of halogens is 1. The molecule has 2 N–H and O–H groups in total. The van der Waals surface area contributed by atoms with Crippen molar-refractivity contribution in [3.8, 4) is 0 Å². The number of hydrogen-bond donors (Lipinski definition) is 2. The van der Waals surface area contributed by atoms with Crippen LogP contribution in [0.1, 0.15) is 12.7 Å². The van der Waals surface area contributed by atoms with Crippen LogP contribution in [-0.2, 0) is 6.42 Å². The van der Waals surface area contributed by atoms with E-state index in [-0.39, 0.29) is 18.7 Å². The molecule has 1 aromatic heterocycles. The predicted molar refractivity (Wildman–Crippen MR) is 67.8 cm³/mol. The second kappa shape index (κ2) is 6.66. The summed E-state index contributed by atoms with van der Waals surface area (Å²) < 4.78 is 5.99.